The summed E-state index contributed by atoms with van der Waals surface area (Å²) in [5.74, 6) is -0.187. The Morgan fingerprint density at radius 2 is 2.00 bits per heavy atom. The first kappa shape index (κ1) is 19.1. The predicted octanol–water partition coefficient (Wildman–Crippen LogP) is 2.53. The van der Waals surface area contributed by atoms with Gasteiger partial charge in [0.25, 0.3) is 11.5 Å². The van der Waals surface area contributed by atoms with Gasteiger partial charge in [0, 0.05) is 43.7 Å². The van der Waals surface area contributed by atoms with Crippen molar-refractivity contribution in [3.63, 3.8) is 0 Å². The lowest BCUT2D eigenvalue weighted by atomic mass is 9.81. The van der Waals surface area contributed by atoms with E-state index in [1.165, 1.54) is 0 Å². The standard InChI is InChI=1S/C24H26N2O4/c1-3-15-7-8-19-17(9-15)11-24(2,30-22(19)28)23(29)25-12-16-10-18(14-25)20-5-4-6-21(27)26(20)13-16/h4-9,16,18H,3,10-14H2,1-2H3. The number of cyclic esters (lactones) is 1. The van der Waals surface area contributed by atoms with Crippen LogP contribution in [-0.4, -0.2) is 40.0 Å². The summed E-state index contributed by atoms with van der Waals surface area (Å²) in [7, 11) is 0. The van der Waals surface area contributed by atoms with Gasteiger partial charge in [0.05, 0.1) is 5.56 Å². The van der Waals surface area contributed by atoms with E-state index in [2.05, 4.69) is 6.92 Å². The number of amides is 1. The van der Waals surface area contributed by atoms with E-state index in [4.69, 9.17) is 4.74 Å². The Labute approximate surface area is 175 Å². The molecule has 3 atom stereocenters. The van der Waals surface area contributed by atoms with E-state index in [-0.39, 0.29) is 23.3 Å². The second kappa shape index (κ2) is 6.83. The van der Waals surface area contributed by atoms with E-state index in [0.29, 0.717) is 31.6 Å². The molecule has 1 aromatic heterocycles. The number of rotatable bonds is 2. The lowest BCUT2D eigenvalue weighted by Gasteiger charge is -2.45. The molecule has 2 aromatic rings. The van der Waals surface area contributed by atoms with E-state index in [1.54, 1.807) is 25.1 Å². The van der Waals surface area contributed by atoms with Crippen molar-refractivity contribution in [2.75, 3.05) is 13.1 Å². The normalized spacial score (nSPS) is 27.1. The Balaban J connectivity index is 1.42. The summed E-state index contributed by atoms with van der Waals surface area (Å²) in [6.07, 6.45) is 2.25. The molecule has 3 aliphatic rings. The molecule has 30 heavy (non-hydrogen) atoms. The predicted molar refractivity (Wildman–Crippen MR) is 111 cm³/mol. The van der Waals surface area contributed by atoms with Gasteiger partial charge in [-0.25, -0.2) is 4.79 Å². The number of fused-ring (bicyclic) bond motifs is 5. The quantitative estimate of drug-likeness (QED) is 0.719. The summed E-state index contributed by atoms with van der Waals surface area (Å²) >= 11 is 0. The number of esters is 1. The van der Waals surface area contributed by atoms with Crippen LogP contribution in [0.1, 0.15) is 53.4 Å². The minimum atomic E-state index is -1.20. The third-order valence-corrected chi connectivity index (χ3v) is 6.86. The van der Waals surface area contributed by atoms with Crippen LogP contribution in [0.2, 0.25) is 0 Å². The van der Waals surface area contributed by atoms with Crippen molar-refractivity contribution in [1.29, 1.82) is 0 Å². The summed E-state index contributed by atoms with van der Waals surface area (Å²) in [5, 5.41) is 0. The Bertz CT molecular complexity index is 1100. The van der Waals surface area contributed by atoms with Gasteiger partial charge in [-0.15, -0.1) is 0 Å². The van der Waals surface area contributed by atoms with Crippen LogP contribution in [0.25, 0.3) is 0 Å². The van der Waals surface area contributed by atoms with Crippen molar-refractivity contribution >= 4 is 11.9 Å². The average Bonchev–Trinajstić information content (AvgIpc) is 2.73. The first-order valence-electron chi connectivity index (χ1n) is 10.7. The average molecular weight is 406 g/mol. The van der Waals surface area contributed by atoms with E-state index in [1.807, 2.05) is 27.7 Å². The molecule has 0 saturated carbocycles. The van der Waals surface area contributed by atoms with Crippen molar-refractivity contribution < 1.29 is 14.3 Å². The Kier molecular flexibility index (Phi) is 4.34. The van der Waals surface area contributed by atoms with Gasteiger partial charge < -0.3 is 14.2 Å². The SMILES string of the molecule is CCc1ccc2c(c1)CC(C)(C(=O)N1CC3CC(C1)c1cccc(=O)n1C3)OC2=O. The van der Waals surface area contributed by atoms with Gasteiger partial charge in [-0.3, -0.25) is 9.59 Å². The molecular weight excluding hydrogens is 380 g/mol. The molecule has 156 valence electrons. The lowest BCUT2D eigenvalue weighted by molar-refractivity contribution is -0.154. The Hall–Kier alpha value is -2.89. The molecule has 1 aromatic carbocycles. The largest absolute Gasteiger partial charge is 0.445 e. The smallest absolute Gasteiger partial charge is 0.339 e. The van der Waals surface area contributed by atoms with E-state index >= 15 is 0 Å². The molecule has 6 nitrogen and oxygen atoms in total. The van der Waals surface area contributed by atoms with Crippen molar-refractivity contribution in [3.8, 4) is 0 Å². The van der Waals surface area contributed by atoms with Crippen molar-refractivity contribution in [3.05, 3.63) is 69.1 Å². The van der Waals surface area contributed by atoms with E-state index in [9.17, 15) is 14.4 Å². The van der Waals surface area contributed by atoms with Crippen molar-refractivity contribution in [2.24, 2.45) is 5.92 Å². The van der Waals surface area contributed by atoms with Crippen LogP contribution < -0.4 is 5.56 Å². The molecule has 0 radical (unpaired) electrons. The van der Waals surface area contributed by atoms with E-state index < -0.39 is 11.6 Å². The third-order valence-electron chi connectivity index (χ3n) is 6.86. The van der Waals surface area contributed by atoms with Crippen LogP contribution >= 0.6 is 0 Å². The minimum absolute atomic E-state index is 0.0264. The van der Waals surface area contributed by atoms with Crippen LogP contribution in [0.5, 0.6) is 0 Å². The van der Waals surface area contributed by atoms with Crippen LogP contribution in [-0.2, 0) is 28.9 Å². The molecule has 0 spiro atoms. The van der Waals surface area contributed by atoms with Crippen LogP contribution in [0, 0.1) is 5.92 Å². The van der Waals surface area contributed by atoms with Crippen LogP contribution in [0.4, 0.5) is 0 Å². The molecule has 6 heteroatoms. The van der Waals surface area contributed by atoms with Gasteiger partial charge in [-0.1, -0.05) is 25.1 Å². The maximum absolute atomic E-state index is 13.6. The number of ether oxygens (including phenoxy) is 1. The zero-order valence-electron chi connectivity index (χ0n) is 17.4. The maximum atomic E-state index is 13.6. The maximum Gasteiger partial charge on any atom is 0.339 e. The van der Waals surface area contributed by atoms with Crippen LogP contribution in [0.3, 0.4) is 0 Å². The van der Waals surface area contributed by atoms with Crippen LogP contribution in [0.15, 0.2) is 41.2 Å². The highest BCUT2D eigenvalue weighted by atomic mass is 16.6. The fourth-order valence-electron chi connectivity index (χ4n) is 5.39. The zero-order chi connectivity index (χ0) is 21.0. The van der Waals surface area contributed by atoms with Crippen molar-refractivity contribution in [1.82, 2.24) is 9.47 Å². The molecule has 1 saturated heterocycles. The number of benzene rings is 1. The fourth-order valence-corrected chi connectivity index (χ4v) is 5.39. The molecule has 3 unspecified atom stereocenters. The summed E-state index contributed by atoms with van der Waals surface area (Å²) in [5.41, 5.74) is 2.42. The van der Waals surface area contributed by atoms with Crippen molar-refractivity contribution in [2.45, 2.75) is 51.2 Å². The number of aromatic nitrogens is 1. The number of pyridine rings is 1. The van der Waals surface area contributed by atoms with E-state index in [0.717, 1.165) is 29.7 Å². The van der Waals surface area contributed by atoms with Gasteiger partial charge in [0.2, 0.25) is 0 Å². The number of carbonyl (C=O) groups excluding carboxylic acids is 2. The molecule has 4 heterocycles. The lowest BCUT2D eigenvalue weighted by Crippen LogP contribution is -2.57. The van der Waals surface area contributed by atoms with Gasteiger partial charge in [-0.2, -0.15) is 0 Å². The molecule has 0 N–H and O–H groups in total. The van der Waals surface area contributed by atoms with Gasteiger partial charge >= 0.3 is 5.97 Å². The number of hydrogen-bond donors (Lipinski definition) is 0. The molecule has 1 amide bonds. The summed E-state index contributed by atoms with van der Waals surface area (Å²) in [6.45, 7) is 5.58. The highest BCUT2D eigenvalue weighted by Crippen LogP contribution is 2.37. The first-order valence-corrected chi connectivity index (χ1v) is 10.7. The van der Waals surface area contributed by atoms with Gasteiger partial charge in [-0.05, 0) is 48.9 Å². The minimum Gasteiger partial charge on any atom is -0.445 e. The number of carbonyl (C=O) groups is 2. The molecule has 1 fully saturated rings. The fraction of sp³-hybridized carbons (Fsp3) is 0.458. The number of piperidine rings is 1. The molecular formula is C24H26N2O4. The molecule has 5 rings (SSSR count). The topological polar surface area (TPSA) is 68.6 Å². The van der Waals surface area contributed by atoms with Gasteiger partial charge in [0.15, 0.2) is 5.60 Å². The highest BCUT2D eigenvalue weighted by Gasteiger charge is 2.47. The highest BCUT2D eigenvalue weighted by molar-refractivity contribution is 5.97. The summed E-state index contributed by atoms with van der Waals surface area (Å²) in [6, 6.07) is 11.1. The monoisotopic (exact) mass is 406 g/mol. The van der Waals surface area contributed by atoms with Gasteiger partial charge in [0.1, 0.15) is 0 Å². The summed E-state index contributed by atoms with van der Waals surface area (Å²) in [4.78, 5) is 40.3. The first-order chi connectivity index (χ1) is 14.4. The number of likely N-dealkylation sites (tertiary alicyclic amines) is 1. The number of hydrogen-bond acceptors (Lipinski definition) is 4. The molecule has 3 aliphatic heterocycles. The second-order valence-corrected chi connectivity index (χ2v) is 9.05. The third kappa shape index (κ3) is 2.97. The zero-order valence-corrected chi connectivity index (χ0v) is 17.4. The number of nitrogens with zero attached hydrogens (tertiary/aromatic N) is 2. The molecule has 2 bridgehead atoms. The Morgan fingerprint density at radius 1 is 1.17 bits per heavy atom. The second-order valence-electron chi connectivity index (χ2n) is 9.05. The summed E-state index contributed by atoms with van der Waals surface area (Å²) < 4.78 is 7.57. The Morgan fingerprint density at radius 3 is 2.80 bits per heavy atom. The number of aryl methyl sites for hydroxylation is 1. The molecule has 0 aliphatic carbocycles.